The second-order valence-electron chi connectivity index (χ2n) is 3.47. The molecule has 17 heavy (non-hydrogen) atoms. The number of rotatable bonds is 5. The van der Waals surface area contributed by atoms with Crippen LogP contribution in [-0.4, -0.2) is 38.0 Å². The van der Waals surface area contributed by atoms with Crippen LogP contribution in [0.4, 0.5) is 0 Å². The van der Waals surface area contributed by atoms with E-state index in [1.807, 2.05) is 13.1 Å². The minimum Gasteiger partial charge on any atom is -0.353 e. The van der Waals surface area contributed by atoms with Crippen molar-refractivity contribution in [3.8, 4) is 0 Å². The van der Waals surface area contributed by atoms with Crippen molar-refractivity contribution in [2.45, 2.75) is 6.42 Å². The molecule has 1 aromatic heterocycles. The smallest absolute Gasteiger partial charge is 0.193 e. The van der Waals surface area contributed by atoms with Gasteiger partial charge in [-0.15, -0.1) is 41.9 Å². The van der Waals surface area contributed by atoms with Gasteiger partial charge in [0, 0.05) is 32.1 Å². The largest absolute Gasteiger partial charge is 0.353 e. The summed E-state index contributed by atoms with van der Waals surface area (Å²) in [6.07, 6.45) is 2.89. The van der Waals surface area contributed by atoms with Crippen LogP contribution in [0.2, 0.25) is 0 Å². The molecule has 3 nitrogen and oxygen atoms in total. The summed E-state index contributed by atoms with van der Waals surface area (Å²) in [4.78, 5) is 7.75. The number of halogens is 1. The van der Waals surface area contributed by atoms with Gasteiger partial charge in [0.1, 0.15) is 0 Å². The summed E-state index contributed by atoms with van der Waals surface area (Å²) in [6.45, 7) is 5.39. The molecule has 0 saturated carbocycles. The lowest BCUT2D eigenvalue weighted by Crippen LogP contribution is -2.39. The van der Waals surface area contributed by atoms with Gasteiger partial charge in [0.15, 0.2) is 5.96 Å². The van der Waals surface area contributed by atoms with Crippen LogP contribution in [0.15, 0.2) is 35.2 Å². The zero-order chi connectivity index (χ0) is 11.8. The van der Waals surface area contributed by atoms with Crippen molar-refractivity contribution >= 4 is 41.3 Å². The zero-order valence-electron chi connectivity index (χ0n) is 10.3. The van der Waals surface area contributed by atoms with Gasteiger partial charge in [-0.05, 0) is 17.9 Å². The van der Waals surface area contributed by atoms with E-state index in [1.165, 1.54) is 4.88 Å². The number of nitrogens with zero attached hydrogens (tertiary/aromatic N) is 2. The summed E-state index contributed by atoms with van der Waals surface area (Å²) in [6, 6.07) is 4.25. The lowest BCUT2D eigenvalue weighted by Gasteiger charge is -2.21. The maximum absolute atomic E-state index is 4.21. The third kappa shape index (κ3) is 6.07. The van der Waals surface area contributed by atoms with E-state index in [0.717, 1.165) is 25.5 Å². The van der Waals surface area contributed by atoms with Crippen molar-refractivity contribution in [1.29, 1.82) is 0 Å². The summed E-state index contributed by atoms with van der Waals surface area (Å²) in [5, 5.41) is 5.32. The molecular weight excluding hydrogens is 345 g/mol. The first-order chi connectivity index (χ1) is 7.77. The van der Waals surface area contributed by atoms with E-state index in [0.29, 0.717) is 0 Å². The van der Waals surface area contributed by atoms with E-state index in [-0.39, 0.29) is 24.0 Å². The highest BCUT2D eigenvalue weighted by molar-refractivity contribution is 14.0. The molecule has 1 rings (SSSR count). The minimum atomic E-state index is 0. The Morgan fingerprint density at radius 2 is 2.41 bits per heavy atom. The third-order valence-corrected chi connectivity index (χ3v) is 3.19. The topological polar surface area (TPSA) is 27.6 Å². The van der Waals surface area contributed by atoms with Crippen molar-refractivity contribution in [3.05, 3.63) is 35.0 Å². The van der Waals surface area contributed by atoms with E-state index >= 15 is 0 Å². The van der Waals surface area contributed by atoms with Gasteiger partial charge in [-0.1, -0.05) is 12.1 Å². The van der Waals surface area contributed by atoms with E-state index in [9.17, 15) is 0 Å². The monoisotopic (exact) mass is 365 g/mol. The van der Waals surface area contributed by atoms with Gasteiger partial charge in [-0.2, -0.15) is 0 Å². The van der Waals surface area contributed by atoms with E-state index < -0.39 is 0 Å². The van der Waals surface area contributed by atoms with Gasteiger partial charge >= 0.3 is 0 Å². The molecule has 5 heteroatoms. The molecule has 0 aliphatic carbocycles. The predicted octanol–water partition coefficient (Wildman–Crippen LogP) is 2.60. The number of likely N-dealkylation sites (N-methyl/N-ethyl adjacent to an activating group) is 1. The average molecular weight is 365 g/mol. The summed E-state index contributed by atoms with van der Waals surface area (Å²) in [5.41, 5.74) is 0. The second-order valence-corrected chi connectivity index (χ2v) is 4.50. The van der Waals surface area contributed by atoms with Gasteiger partial charge in [0.05, 0.1) is 0 Å². The van der Waals surface area contributed by atoms with Crippen molar-refractivity contribution in [3.63, 3.8) is 0 Å². The number of hydrogen-bond acceptors (Lipinski definition) is 2. The van der Waals surface area contributed by atoms with E-state index in [2.05, 4.69) is 39.3 Å². The van der Waals surface area contributed by atoms with Crippen molar-refractivity contribution in [2.24, 2.45) is 4.99 Å². The molecule has 1 aromatic rings. The van der Waals surface area contributed by atoms with Crippen molar-refractivity contribution < 1.29 is 0 Å². The number of guanidine groups is 1. The van der Waals surface area contributed by atoms with Crippen LogP contribution >= 0.6 is 35.3 Å². The van der Waals surface area contributed by atoms with Crippen molar-refractivity contribution in [1.82, 2.24) is 10.2 Å². The molecule has 0 aliphatic rings. The molecule has 0 saturated heterocycles. The van der Waals surface area contributed by atoms with Crippen LogP contribution in [0, 0.1) is 0 Å². The summed E-state index contributed by atoms with van der Waals surface area (Å²) in [7, 11) is 3.85. The van der Waals surface area contributed by atoms with Crippen LogP contribution in [0.1, 0.15) is 4.88 Å². The first-order valence-electron chi connectivity index (χ1n) is 5.33. The van der Waals surface area contributed by atoms with Crippen LogP contribution < -0.4 is 5.32 Å². The van der Waals surface area contributed by atoms with Crippen LogP contribution in [0.25, 0.3) is 0 Å². The molecule has 1 heterocycles. The van der Waals surface area contributed by atoms with Gasteiger partial charge in [0.2, 0.25) is 0 Å². The zero-order valence-corrected chi connectivity index (χ0v) is 13.5. The first kappa shape index (κ1) is 16.4. The predicted molar refractivity (Wildman–Crippen MR) is 87.6 cm³/mol. The molecule has 0 spiro atoms. The van der Waals surface area contributed by atoms with E-state index in [4.69, 9.17) is 0 Å². The number of nitrogens with one attached hydrogen (secondary N) is 1. The normalized spacial score (nSPS) is 10.6. The Labute approximate surface area is 125 Å². The average Bonchev–Trinajstić information content (AvgIpc) is 2.80. The fourth-order valence-corrected chi connectivity index (χ4v) is 2.09. The van der Waals surface area contributed by atoms with Crippen LogP contribution in [-0.2, 0) is 6.42 Å². The highest BCUT2D eigenvalue weighted by Crippen LogP contribution is 2.09. The summed E-state index contributed by atoms with van der Waals surface area (Å²) >= 11 is 1.80. The minimum absolute atomic E-state index is 0. The molecule has 1 N–H and O–H groups in total. The highest BCUT2D eigenvalue weighted by Gasteiger charge is 2.04. The fourth-order valence-electron chi connectivity index (χ4n) is 1.39. The Hall–Kier alpha value is -0.560. The maximum Gasteiger partial charge on any atom is 0.193 e. The Bertz CT molecular complexity index is 336. The molecule has 0 atom stereocenters. The molecule has 0 bridgehead atoms. The SMILES string of the molecule is C=CCNC(=NC)N(C)CCc1cccs1.I. The van der Waals surface area contributed by atoms with Gasteiger partial charge in [-0.3, -0.25) is 4.99 Å². The van der Waals surface area contributed by atoms with Crippen molar-refractivity contribution in [2.75, 3.05) is 27.2 Å². The van der Waals surface area contributed by atoms with Gasteiger partial charge in [0.25, 0.3) is 0 Å². The Kier molecular flexibility index (Phi) is 9.16. The molecule has 0 radical (unpaired) electrons. The molecule has 0 aliphatic heterocycles. The Morgan fingerprint density at radius 3 is 2.94 bits per heavy atom. The lowest BCUT2D eigenvalue weighted by molar-refractivity contribution is 0.490. The molecule has 0 amide bonds. The van der Waals surface area contributed by atoms with Crippen LogP contribution in [0.3, 0.4) is 0 Å². The number of hydrogen-bond donors (Lipinski definition) is 1. The van der Waals surface area contributed by atoms with Gasteiger partial charge < -0.3 is 10.2 Å². The Balaban J connectivity index is 0.00000256. The van der Waals surface area contributed by atoms with Gasteiger partial charge in [-0.25, -0.2) is 0 Å². The molecule has 0 unspecified atom stereocenters. The molecule has 0 fully saturated rings. The number of thiophene rings is 1. The first-order valence-corrected chi connectivity index (χ1v) is 6.21. The number of aliphatic imine (C=N–C) groups is 1. The van der Waals surface area contributed by atoms with Crippen LogP contribution in [0.5, 0.6) is 0 Å². The fraction of sp³-hybridized carbons (Fsp3) is 0.417. The third-order valence-electron chi connectivity index (χ3n) is 2.25. The summed E-state index contributed by atoms with van der Waals surface area (Å²) < 4.78 is 0. The molecule has 0 aromatic carbocycles. The second kappa shape index (κ2) is 9.47. The lowest BCUT2D eigenvalue weighted by atomic mass is 10.3. The highest BCUT2D eigenvalue weighted by atomic mass is 127. The quantitative estimate of drug-likeness (QED) is 0.376. The van der Waals surface area contributed by atoms with E-state index in [1.54, 1.807) is 18.4 Å². The molecule has 96 valence electrons. The summed E-state index contributed by atoms with van der Waals surface area (Å²) in [5.74, 6) is 0.913. The molecular formula is C12H20IN3S. The standard InChI is InChI=1S/C12H19N3S.HI/c1-4-8-14-12(13-2)15(3)9-7-11-6-5-10-16-11;/h4-6,10H,1,7-9H2,2-3H3,(H,13,14);1H. The Morgan fingerprint density at radius 1 is 1.65 bits per heavy atom. The maximum atomic E-state index is 4.21.